The van der Waals surface area contributed by atoms with Crippen LogP contribution in [-0.4, -0.2) is 29.7 Å². The van der Waals surface area contributed by atoms with Gasteiger partial charge in [-0.1, -0.05) is 23.7 Å². The maximum atomic E-state index is 12.7. The summed E-state index contributed by atoms with van der Waals surface area (Å²) in [6, 6.07) is 12.3. The van der Waals surface area contributed by atoms with E-state index in [-0.39, 0.29) is 5.91 Å². The van der Waals surface area contributed by atoms with Gasteiger partial charge in [0.05, 0.1) is 14.2 Å². The minimum Gasteiger partial charge on any atom is -0.497 e. The van der Waals surface area contributed by atoms with Crippen molar-refractivity contribution in [3.8, 4) is 11.5 Å². The van der Waals surface area contributed by atoms with Crippen molar-refractivity contribution in [2.75, 3.05) is 14.2 Å². The summed E-state index contributed by atoms with van der Waals surface area (Å²) in [7, 11) is 5.05. The van der Waals surface area contributed by atoms with Gasteiger partial charge < -0.3 is 19.4 Å². The molecule has 0 radical (unpaired) electrons. The third-order valence-electron chi connectivity index (χ3n) is 4.41. The standard InChI is InChI=1S/C22H22ClN3O3/c1-26-11-10-24-22(26)21(16-5-7-17(23)8-6-16)25-20(27)9-4-15-12-18(28-2)14-19(13-15)29-3/h4-14,21H,1-3H3,(H,25,27)/b9-4+/t21-/m1/s1. The first-order valence-electron chi connectivity index (χ1n) is 8.94. The summed E-state index contributed by atoms with van der Waals surface area (Å²) in [4.78, 5) is 17.0. The molecular weight excluding hydrogens is 390 g/mol. The number of imidazole rings is 1. The lowest BCUT2D eigenvalue weighted by atomic mass is 10.1. The Labute approximate surface area is 174 Å². The molecule has 3 aromatic rings. The highest BCUT2D eigenvalue weighted by Gasteiger charge is 2.19. The van der Waals surface area contributed by atoms with E-state index in [1.807, 2.05) is 42.1 Å². The number of rotatable bonds is 7. The van der Waals surface area contributed by atoms with Crippen molar-refractivity contribution in [3.05, 3.63) is 82.9 Å². The maximum Gasteiger partial charge on any atom is 0.244 e. The number of hydrogen-bond acceptors (Lipinski definition) is 4. The number of nitrogens with zero attached hydrogens (tertiary/aromatic N) is 2. The van der Waals surface area contributed by atoms with Gasteiger partial charge in [-0.05, 0) is 41.5 Å². The predicted octanol–water partition coefficient (Wildman–Crippen LogP) is 4.01. The van der Waals surface area contributed by atoms with E-state index in [2.05, 4.69) is 10.3 Å². The monoisotopic (exact) mass is 411 g/mol. The number of ether oxygens (including phenoxy) is 2. The molecule has 0 aliphatic carbocycles. The number of nitrogens with one attached hydrogen (secondary N) is 1. The Kier molecular flexibility index (Phi) is 6.57. The van der Waals surface area contributed by atoms with Gasteiger partial charge in [0.2, 0.25) is 5.91 Å². The van der Waals surface area contributed by atoms with Crippen LogP contribution in [0.3, 0.4) is 0 Å². The summed E-state index contributed by atoms with van der Waals surface area (Å²) >= 11 is 6.01. The van der Waals surface area contributed by atoms with Crippen LogP contribution in [-0.2, 0) is 11.8 Å². The Morgan fingerprint density at radius 1 is 1.14 bits per heavy atom. The summed E-state index contributed by atoms with van der Waals surface area (Å²) in [6.45, 7) is 0. The van der Waals surface area contributed by atoms with Gasteiger partial charge in [0.25, 0.3) is 0 Å². The van der Waals surface area contributed by atoms with E-state index in [1.54, 1.807) is 44.7 Å². The van der Waals surface area contributed by atoms with E-state index in [0.29, 0.717) is 16.5 Å². The highest BCUT2D eigenvalue weighted by molar-refractivity contribution is 6.30. The van der Waals surface area contributed by atoms with E-state index in [9.17, 15) is 4.79 Å². The molecule has 0 spiro atoms. The summed E-state index contributed by atoms with van der Waals surface area (Å²) in [6.07, 6.45) is 6.71. The van der Waals surface area contributed by atoms with Gasteiger partial charge in [-0.15, -0.1) is 0 Å². The molecular formula is C22H22ClN3O3. The average Bonchev–Trinajstić information content (AvgIpc) is 3.16. The van der Waals surface area contributed by atoms with E-state index >= 15 is 0 Å². The molecule has 7 heteroatoms. The topological polar surface area (TPSA) is 65.4 Å². The fourth-order valence-corrected chi connectivity index (χ4v) is 3.02. The molecule has 1 amide bonds. The first kappa shape index (κ1) is 20.5. The second-order valence-electron chi connectivity index (χ2n) is 6.37. The molecule has 2 aromatic carbocycles. The largest absolute Gasteiger partial charge is 0.497 e. The number of methoxy groups -OCH3 is 2. The number of aryl methyl sites for hydroxylation is 1. The number of aromatic nitrogens is 2. The summed E-state index contributed by atoms with van der Waals surface area (Å²) in [5.41, 5.74) is 1.67. The van der Waals surface area contributed by atoms with Gasteiger partial charge >= 0.3 is 0 Å². The lowest BCUT2D eigenvalue weighted by molar-refractivity contribution is -0.117. The van der Waals surface area contributed by atoms with Crippen molar-refractivity contribution in [1.82, 2.24) is 14.9 Å². The second kappa shape index (κ2) is 9.30. The smallest absolute Gasteiger partial charge is 0.244 e. The number of carbonyl (C=O) groups excluding carboxylic acids is 1. The predicted molar refractivity (Wildman–Crippen MR) is 113 cm³/mol. The molecule has 0 saturated carbocycles. The van der Waals surface area contributed by atoms with Crippen molar-refractivity contribution in [2.24, 2.45) is 7.05 Å². The number of carbonyl (C=O) groups is 1. The SMILES string of the molecule is COc1cc(/C=C/C(=O)N[C@H](c2ccc(Cl)cc2)c2nccn2C)cc(OC)c1. The molecule has 29 heavy (non-hydrogen) atoms. The molecule has 0 bridgehead atoms. The minimum atomic E-state index is -0.413. The van der Waals surface area contributed by atoms with Gasteiger partial charge in [0.1, 0.15) is 23.4 Å². The minimum absolute atomic E-state index is 0.255. The fraction of sp³-hybridized carbons (Fsp3) is 0.182. The van der Waals surface area contributed by atoms with E-state index < -0.39 is 6.04 Å². The number of benzene rings is 2. The van der Waals surface area contributed by atoms with E-state index in [1.165, 1.54) is 6.08 Å². The van der Waals surface area contributed by atoms with Crippen LogP contribution in [0.2, 0.25) is 5.02 Å². The lowest BCUT2D eigenvalue weighted by Crippen LogP contribution is -2.29. The lowest BCUT2D eigenvalue weighted by Gasteiger charge is -2.18. The summed E-state index contributed by atoms with van der Waals surface area (Å²) in [5.74, 6) is 1.76. The maximum absolute atomic E-state index is 12.7. The van der Waals surface area contributed by atoms with Crippen LogP contribution < -0.4 is 14.8 Å². The molecule has 150 valence electrons. The number of halogens is 1. The van der Waals surface area contributed by atoms with Crippen LogP contribution in [0.15, 0.2) is 60.9 Å². The Balaban J connectivity index is 1.83. The normalized spacial score (nSPS) is 12.0. The molecule has 0 aliphatic rings. The summed E-state index contributed by atoms with van der Waals surface area (Å²) in [5, 5.41) is 3.64. The van der Waals surface area contributed by atoms with Crippen molar-refractivity contribution < 1.29 is 14.3 Å². The third-order valence-corrected chi connectivity index (χ3v) is 4.66. The van der Waals surface area contributed by atoms with Gasteiger partial charge in [0, 0.05) is 36.6 Å². The van der Waals surface area contributed by atoms with Gasteiger partial charge in [-0.3, -0.25) is 4.79 Å². The number of hydrogen-bond donors (Lipinski definition) is 1. The van der Waals surface area contributed by atoms with Crippen LogP contribution in [0.4, 0.5) is 0 Å². The van der Waals surface area contributed by atoms with Crippen molar-refractivity contribution >= 4 is 23.6 Å². The molecule has 0 saturated heterocycles. The van der Waals surface area contributed by atoms with Crippen molar-refractivity contribution in [1.29, 1.82) is 0 Å². The van der Waals surface area contributed by atoms with Gasteiger partial charge in [0.15, 0.2) is 0 Å². The average molecular weight is 412 g/mol. The molecule has 1 aromatic heterocycles. The Hall–Kier alpha value is -3.25. The Morgan fingerprint density at radius 3 is 2.34 bits per heavy atom. The van der Waals surface area contributed by atoms with Crippen LogP contribution in [0.25, 0.3) is 6.08 Å². The molecule has 1 atom stereocenters. The highest BCUT2D eigenvalue weighted by atomic mass is 35.5. The Morgan fingerprint density at radius 2 is 1.79 bits per heavy atom. The molecule has 3 rings (SSSR count). The Bertz CT molecular complexity index is 990. The highest BCUT2D eigenvalue weighted by Crippen LogP contribution is 2.24. The van der Waals surface area contributed by atoms with Crippen LogP contribution in [0.1, 0.15) is 23.0 Å². The fourth-order valence-electron chi connectivity index (χ4n) is 2.90. The quantitative estimate of drug-likeness (QED) is 0.596. The van der Waals surface area contributed by atoms with E-state index in [4.69, 9.17) is 21.1 Å². The zero-order valence-electron chi connectivity index (χ0n) is 16.4. The van der Waals surface area contributed by atoms with Crippen LogP contribution in [0.5, 0.6) is 11.5 Å². The molecule has 0 fully saturated rings. The zero-order chi connectivity index (χ0) is 20.8. The third kappa shape index (κ3) is 5.18. The summed E-state index contributed by atoms with van der Waals surface area (Å²) < 4.78 is 12.4. The molecule has 0 unspecified atom stereocenters. The molecule has 1 N–H and O–H groups in total. The van der Waals surface area contributed by atoms with Gasteiger partial charge in [-0.25, -0.2) is 4.98 Å². The first-order chi connectivity index (χ1) is 14.0. The van der Waals surface area contributed by atoms with Crippen LogP contribution in [0, 0.1) is 0 Å². The second-order valence-corrected chi connectivity index (χ2v) is 6.81. The van der Waals surface area contributed by atoms with Crippen molar-refractivity contribution in [2.45, 2.75) is 6.04 Å². The van der Waals surface area contributed by atoms with Crippen LogP contribution >= 0.6 is 11.6 Å². The number of amides is 1. The molecule has 6 nitrogen and oxygen atoms in total. The van der Waals surface area contributed by atoms with E-state index in [0.717, 1.165) is 17.0 Å². The first-order valence-corrected chi connectivity index (χ1v) is 9.32. The molecule has 0 aliphatic heterocycles. The van der Waals surface area contributed by atoms with Gasteiger partial charge in [-0.2, -0.15) is 0 Å². The van der Waals surface area contributed by atoms with Crippen molar-refractivity contribution in [3.63, 3.8) is 0 Å². The zero-order valence-corrected chi connectivity index (χ0v) is 17.2. The molecule has 1 heterocycles.